The molecule has 0 saturated carbocycles. The lowest BCUT2D eigenvalue weighted by molar-refractivity contribution is 0.100. The fourth-order valence-corrected chi connectivity index (χ4v) is 3.95. The fourth-order valence-electron chi connectivity index (χ4n) is 3.95. The standard InChI is InChI=1S/C24H18F5N2O/c1-2-3-5-12-8-9-13-17(10-12)31(16-7-4-6-14(18(13)16)24(30)32)11-15-19(25)21(27)23(29)22(28)20(15)26/h4,6-8,10H,2-3,5,11H2,1H3,(H2,30,32). The van der Waals surface area contributed by atoms with Gasteiger partial charge in [0.2, 0.25) is 11.7 Å². The van der Waals surface area contributed by atoms with Gasteiger partial charge in [0.15, 0.2) is 23.3 Å². The zero-order valence-corrected chi connectivity index (χ0v) is 17.0. The number of halogens is 5. The number of hydrogen-bond acceptors (Lipinski definition) is 1. The van der Waals surface area contributed by atoms with Crippen molar-refractivity contribution in [2.24, 2.45) is 5.73 Å². The van der Waals surface area contributed by atoms with Gasteiger partial charge in [0.25, 0.3) is 0 Å². The molecule has 0 aliphatic rings. The maximum Gasteiger partial charge on any atom is 0.249 e. The van der Waals surface area contributed by atoms with Gasteiger partial charge in [-0.05, 0) is 42.7 Å². The van der Waals surface area contributed by atoms with Crippen LogP contribution in [-0.2, 0) is 13.0 Å². The SMILES string of the molecule is CCCCc1c[c]c2c3c(C(N)=O)cccc3n(Cc3c(F)c(F)c(F)c(F)c3F)c2c1. The van der Waals surface area contributed by atoms with E-state index in [0.29, 0.717) is 21.8 Å². The number of benzene rings is 3. The molecule has 0 aliphatic carbocycles. The van der Waals surface area contributed by atoms with Crippen LogP contribution in [0.4, 0.5) is 22.0 Å². The van der Waals surface area contributed by atoms with E-state index in [4.69, 9.17) is 5.73 Å². The second kappa shape index (κ2) is 8.26. The van der Waals surface area contributed by atoms with Gasteiger partial charge in [0.1, 0.15) is 0 Å². The summed E-state index contributed by atoms with van der Waals surface area (Å²) in [5.74, 6) is -10.7. The summed E-state index contributed by atoms with van der Waals surface area (Å²) in [5.41, 5.74) is 6.41. The number of aromatic nitrogens is 1. The number of carbonyl (C=O) groups excluding carboxylic acids is 1. The van der Waals surface area contributed by atoms with Gasteiger partial charge in [-0.25, -0.2) is 22.0 Å². The molecule has 0 aliphatic heterocycles. The van der Waals surface area contributed by atoms with Crippen LogP contribution in [0.3, 0.4) is 0 Å². The summed E-state index contributed by atoms with van der Waals surface area (Å²) in [6, 6.07) is 11.3. The van der Waals surface area contributed by atoms with Crippen LogP contribution >= 0.6 is 0 Å². The molecule has 0 bridgehead atoms. The molecule has 0 saturated heterocycles. The average molecular weight is 445 g/mol. The van der Waals surface area contributed by atoms with Crippen molar-refractivity contribution in [1.29, 1.82) is 0 Å². The second-order valence-electron chi connectivity index (χ2n) is 7.57. The summed E-state index contributed by atoms with van der Waals surface area (Å²) in [6.07, 6.45) is 2.55. The summed E-state index contributed by atoms with van der Waals surface area (Å²) in [5, 5.41) is 0.874. The Hall–Kier alpha value is -3.42. The molecular formula is C24H18F5N2O. The highest BCUT2D eigenvalue weighted by atomic mass is 19.2. The van der Waals surface area contributed by atoms with Crippen LogP contribution in [0.15, 0.2) is 30.3 Å². The minimum atomic E-state index is -2.21. The number of hydrogen-bond donors (Lipinski definition) is 1. The first kappa shape index (κ1) is 21.8. The van der Waals surface area contributed by atoms with Crippen molar-refractivity contribution < 1.29 is 26.7 Å². The van der Waals surface area contributed by atoms with Crippen LogP contribution in [0.2, 0.25) is 0 Å². The number of primary amides is 1. The average Bonchev–Trinajstić information content (AvgIpc) is 3.10. The van der Waals surface area contributed by atoms with Crippen LogP contribution < -0.4 is 5.73 Å². The molecule has 3 nitrogen and oxygen atoms in total. The lowest BCUT2D eigenvalue weighted by atomic mass is 10.0. The van der Waals surface area contributed by atoms with Gasteiger partial charge in [-0.2, -0.15) is 0 Å². The van der Waals surface area contributed by atoms with E-state index in [2.05, 4.69) is 6.07 Å². The van der Waals surface area contributed by atoms with Gasteiger partial charge in [-0.3, -0.25) is 4.79 Å². The predicted molar refractivity (Wildman–Crippen MR) is 111 cm³/mol. The second-order valence-corrected chi connectivity index (χ2v) is 7.57. The smallest absolute Gasteiger partial charge is 0.249 e. The number of nitrogens with two attached hydrogens (primary N) is 1. The van der Waals surface area contributed by atoms with Crippen LogP contribution in [0.1, 0.15) is 41.3 Å². The molecule has 165 valence electrons. The largest absolute Gasteiger partial charge is 0.366 e. The first-order valence-corrected chi connectivity index (χ1v) is 10.0. The highest BCUT2D eigenvalue weighted by Crippen LogP contribution is 2.34. The van der Waals surface area contributed by atoms with Gasteiger partial charge in [-0.1, -0.05) is 25.5 Å². The molecular weight excluding hydrogens is 427 g/mol. The summed E-state index contributed by atoms with van der Waals surface area (Å²) in [4.78, 5) is 12.0. The summed E-state index contributed by atoms with van der Waals surface area (Å²) >= 11 is 0. The molecule has 1 amide bonds. The van der Waals surface area contributed by atoms with E-state index >= 15 is 0 Å². The van der Waals surface area contributed by atoms with Crippen LogP contribution in [0.25, 0.3) is 21.8 Å². The number of aryl methyl sites for hydroxylation is 1. The van der Waals surface area contributed by atoms with Crippen molar-refractivity contribution >= 4 is 27.7 Å². The van der Waals surface area contributed by atoms with E-state index in [0.717, 1.165) is 24.8 Å². The number of amides is 1. The van der Waals surface area contributed by atoms with E-state index in [-0.39, 0.29) is 5.56 Å². The van der Waals surface area contributed by atoms with Crippen molar-refractivity contribution in [2.75, 3.05) is 0 Å². The molecule has 0 fully saturated rings. The minimum absolute atomic E-state index is 0.168. The van der Waals surface area contributed by atoms with Gasteiger partial charge in [0.05, 0.1) is 17.6 Å². The Morgan fingerprint density at radius 1 is 1.00 bits per heavy atom. The number of unbranched alkanes of at least 4 members (excludes halogenated alkanes) is 1. The van der Waals surface area contributed by atoms with Gasteiger partial charge in [-0.15, -0.1) is 0 Å². The van der Waals surface area contributed by atoms with Crippen LogP contribution in [0.5, 0.6) is 0 Å². The number of fused-ring (bicyclic) bond motifs is 3. The maximum absolute atomic E-state index is 14.4. The molecule has 2 N–H and O–H groups in total. The maximum atomic E-state index is 14.4. The van der Waals surface area contributed by atoms with Crippen molar-refractivity contribution in [3.05, 3.63) is 82.2 Å². The molecule has 3 aromatic carbocycles. The number of nitrogens with zero attached hydrogens (tertiary/aromatic N) is 1. The lowest BCUT2D eigenvalue weighted by Crippen LogP contribution is -2.12. The third-order valence-electron chi connectivity index (χ3n) is 5.56. The van der Waals surface area contributed by atoms with E-state index in [1.165, 1.54) is 16.7 Å². The summed E-state index contributed by atoms with van der Waals surface area (Å²) in [7, 11) is 0. The van der Waals surface area contributed by atoms with E-state index in [1.54, 1.807) is 18.2 Å². The molecule has 0 atom stereocenters. The van der Waals surface area contributed by atoms with Crippen molar-refractivity contribution in [2.45, 2.75) is 32.7 Å². The lowest BCUT2D eigenvalue weighted by Gasteiger charge is -2.12. The monoisotopic (exact) mass is 445 g/mol. The Kier molecular flexibility index (Phi) is 5.62. The van der Waals surface area contributed by atoms with Crippen molar-refractivity contribution in [1.82, 2.24) is 4.57 Å². The van der Waals surface area contributed by atoms with E-state index in [9.17, 15) is 26.7 Å². The third kappa shape index (κ3) is 3.39. The zero-order valence-electron chi connectivity index (χ0n) is 17.0. The highest BCUT2D eigenvalue weighted by molar-refractivity contribution is 6.17. The molecule has 4 rings (SSSR count). The molecule has 32 heavy (non-hydrogen) atoms. The predicted octanol–water partition coefficient (Wildman–Crippen LogP) is 5.78. The first-order valence-electron chi connectivity index (χ1n) is 10.0. The first-order chi connectivity index (χ1) is 15.3. The van der Waals surface area contributed by atoms with Gasteiger partial charge < -0.3 is 10.3 Å². The van der Waals surface area contributed by atoms with Crippen molar-refractivity contribution in [3.63, 3.8) is 0 Å². The normalized spacial score (nSPS) is 11.6. The fraction of sp³-hybridized carbons (Fsp3) is 0.208. The summed E-state index contributed by atoms with van der Waals surface area (Å²) in [6.45, 7) is 1.39. The van der Waals surface area contributed by atoms with Crippen LogP contribution in [-0.4, -0.2) is 10.5 Å². The minimum Gasteiger partial charge on any atom is -0.366 e. The van der Waals surface area contributed by atoms with E-state index < -0.39 is 47.1 Å². The molecule has 1 heterocycles. The Balaban J connectivity index is 2.03. The summed E-state index contributed by atoms with van der Waals surface area (Å²) < 4.78 is 71.4. The molecule has 0 spiro atoms. The van der Waals surface area contributed by atoms with Crippen molar-refractivity contribution in [3.8, 4) is 0 Å². The molecule has 4 aromatic rings. The van der Waals surface area contributed by atoms with Gasteiger partial charge in [0, 0.05) is 21.9 Å². The van der Waals surface area contributed by atoms with Crippen LogP contribution in [0, 0.1) is 35.2 Å². The Morgan fingerprint density at radius 2 is 1.66 bits per heavy atom. The molecule has 8 heteroatoms. The van der Waals surface area contributed by atoms with Gasteiger partial charge >= 0.3 is 0 Å². The van der Waals surface area contributed by atoms with E-state index in [1.807, 2.05) is 6.92 Å². The Labute approximate surface area is 180 Å². The zero-order chi connectivity index (χ0) is 23.2. The molecule has 1 aromatic heterocycles. The molecule has 1 radical (unpaired) electrons. The molecule has 0 unspecified atom stereocenters. The quantitative estimate of drug-likeness (QED) is 0.228. The highest BCUT2D eigenvalue weighted by Gasteiger charge is 2.27. The number of rotatable bonds is 6. The Morgan fingerprint density at radius 3 is 2.28 bits per heavy atom. The number of carbonyl (C=O) groups is 1. The topological polar surface area (TPSA) is 48.0 Å². The Bertz CT molecular complexity index is 1350. The third-order valence-corrected chi connectivity index (χ3v) is 5.56.